The van der Waals surface area contributed by atoms with Gasteiger partial charge in [-0.3, -0.25) is 0 Å². The summed E-state index contributed by atoms with van der Waals surface area (Å²) in [6.45, 7) is 2.94. The Bertz CT molecular complexity index is 404. The van der Waals surface area contributed by atoms with E-state index in [4.69, 9.17) is 4.74 Å². The maximum Gasteiger partial charge on any atom is 0.123 e. The van der Waals surface area contributed by atoms with E-state index in [2.05, 4.69) is 12.2 Å². The van der Waals surface area contributed by atoms with Crippen molar-refractivity contribution in [3.05, 3.63) is 30.1 Å². The van der Waals surface area contributed by atoms with Gasteiger partial charge in [0.05, 0.1) is 0 Å². The average Bonchev–Trinajstić information content (AvgIpc) is 2.53. The van der Waals surface area contributed by atoms with Crippen molar-refractivity contribution in [3.8, 4) is 5.75 Å². The van der Waals surface area contributed by atoms with Gasteiger partial charge in [0.25, 0.3) is 0 Å². The van der Waals surface area contributed by atoms with Crippen molar-refractivity contribution >= 4 is 0 Å². The molecule has 2 atom stereocenters. The van der Waals surface area contributed by atoms with E-state index < -0.39 is 6.10 Å². The SMILES string of the molecule is C[C@H](NCC(O)COc1ccc(F)cc1)C1CCCCC1. The fourth-order valence-corrected chi connectivity index (χ4v) is 2.90. The van der Waals surface area contributed by atoms with Crippen LogP contribution in [0.25, 0.3) is 0 Å². The molecule has 0 amide bonds. The topological polar surface area (TPSA) is 41.5 Å². The predicted octanol–water partition coefficient (Wildman–Crippen LogP) is 3.12. The van der Waals surface area contributed by atoms with Gasteiger partial charge in [-0.1, -0.05) is 19.3 Å². The Balaban J connectivity index is 1.64. The highest BCUT2D eigenvalue weighted by Crippen LogP contribution is 2.26. The maximum absolute atomic E-state index is 12.8. The quantitative estimate of drug-likeness (QED) is 0.812. The van der Waals surface area contributed by atoms with Crippen LogP contribution in [0.2, 0.25) is 0 Å². The second-order valence-corrected chi connectivity index (χ2v) is 6.01. The fourth-order valence-electron chi connectivity index (χ4n) is 2.90. The molecule has 2 N–H and O–H groups in total. The van der Waals surface area contributed by atoms with Gasteiger partial charge in [-0.2, -0.15) is 0 Å². The molecule has 0 aliphatic heterocycles. The molecule has 0 radical (unpaired) electrons. The standard InChI is InChI=1S/C17H26FNO2/c1-13(14-5-3-2-4-6-14)19-11-16(20)12-21-17-9-7-15(18)8-10-17/h7-10,13-14,16,19-20H,2-6,11-12H2,1H3/t13-,16?/m0/s1. The highest BCUT2D eigenvalue weighted by atomic mass is 19.1. The fraction of sp³-hybridized carbons (Fsp3) is 0.647. The number of hydrogen-bond donors (Lipinski definition) is 2. The summed E-state index contributed by atoms with van der Waals surface area (Å²) in [4.78, 5) is 0. The molecule has 0 spiro atoms. The van der Waals surface area contributed by atoms with E-state index in [-0.39, 0.29) is 12.4 Å². The van der Waals surface area contributed by atoms with Gasteiger partial charge in [-0.25, -0.2) is 4.39 Å². The van der Waals surface area contributed by atoms with Crippen LogP contribution >= 0.6 is 0 Å². The molecular formula is C17H26FNO2. The van der Waals surface area contributed by atoms with Crippen molar-refractivity contribution in [3.63, 3.8) is 0 Å². The molecule has 1 fully saturated rings. The number of aliphatic hydroxyl groups is 1. The van der Waals surface area contributed by atoms with E-state index in [9.17, 15) is 9.50 Å². The van der Waals surface area contributed by atoms with Gasteiger partial charge in [0.2, 0.25) is 0 Å². The molecule has 0 saturated heterocycles. The molecule has 1 aliphatic rings. The van der Waals surface area contributed by atoms with Crippen LogP contribution in [0.5, 0.6) is 5.75 Å². The zero-order valence-corrected chi connectivity index (χ0v) is 12.7. The van der Waals surface area contributed by atoms with Crippen LogP contribution in [0.1, 0.15) is 39.0 Å². The summed E-state index contributed by atoms with van der Waals surface area (Å²) >= 11 is 0. The van der Waals surface area contributed by atoms with Crippen LogP contribution < -0.4 is 10.1 Å². The molecule has 3 nitrogen and oxygen atoms in total. The highest BCUT2D eigenvalue weighted by Gasteiger charge is 2.20. The van der Waals surface area contributed by atoms with Gasteiger partial charge < -0.3 is 15.2 Å². The monoisotopic (exact) mass is 295 g/mol. The lowest BCUT2D eigenvalue weighted by Gasteiger charge is -2.29. The summed E-state index contributed by atoms with van der Waals surface area (Å²) in [5.74, 6) is 1.02. The first kappa shape index (κ1) is 16.2. The third-order valence-electron chi connectivity index (χ3n) is 4.29. The number of rotatable bonds is 7. The molecule has 4 heteroatoms. The smallest absolute Gasteiger partial charge is 0.123 e. The molecular weight excluding hydrogens is 269 g/mol. The lowest BCUT2D eigenvalue weighted by Crippen LogP contribution is -2.40. The van der Waals surface area contributed by atoms with Crippen molar-refractivity contribution < 1.29 is 14.2 Å². The van der Waals surface area contributed by atoms with E-state index in [0.29, 0.717) is 18.3 Å². The molecule has 1 aliphatic carbocycles. The highest BCUT2D eigenvalue weighted by molar-refractivity contribution is 5.22. The van der Waals surface area contributed by atoms with Gasteiger partial charge in [0.1, 0.15) is 24.3 Å². The number of benzene rings is 1. The molecule has 2 rings (SSSR count). The Morgan fingerprint density at radius 1 is 1.24 bits per heavy atom. The van der Waals surface area contributed by atoms with Gasteiger partial charge in [0, 0.05) is 12.6 Å². The van der Waals surface area contributed by atoms with E-state index in [0.717, 1.165) is 5.92 Å². The Kier molecular flexibility index (Phi) is 6.46. The zero-order chi connectivity index (χ0) is 15.1. The third kappa shape index (κ3) is 5.64. The Morgan fingerprint density at radius 2 is 1.90 bits per heavy atom. The van der Waals surface area contributed by atoms with Crippen molar-refractivity contribution in [1.29, 1.82) is 0 Å². The second-order valence-electron chi connectivity index (χ2n) is 6.01. The molecule has 0 aromatic heterocycles. The molecule has 118 valence electrons. The average molecular weight is 295 g/mol. The number of halogens is 1. The van der Waals surface area contributed by atoms with Crippen molar-refractivity contribution in [1.82, 2.24) is 5.32 Å². The molecule has 0 heterocycles. The predicted molar refractivity (Wildman–Crippen MR) is 81.9 cm³/mol. The second kappa shape index (κ2) is 8.35. The van der Waals surface area contributed by atoms with Crippen molar-refractivity contribution in [2.45, 2.75) is 51.2 Å². The van der Waals surface area contributed by atoms with Gasteiger partial charge in [-0.05, 0) is 49.9 Å². The molecule has 1 aromatic carbocycles. The van der Waals surface area contributed by atoms with E-state index in [1.165, 1.54) is 44.2 Å². The van der Waals surface area contributed by atoms with E-state index >= 15 is 0 Å². The molecule has 1 aromatic rings. The summed E-state index contributed by atoms with van der Waals surface area (Å²) in [5, 5.41) is 13.4. The van der Waals surface area contributed by atoms with Crippen LogP contribution in [0.15, 0.2) is 24.3 Å². The molecule has 1 saturated carbocycles. The minimum Gasteiger partial charge on any atom is -0.491 e. The largest absolute Gasteiger partial charge is 0.491 e. The number of hydrogen-bond acceptors (Lipinski definition) is 3. The summed E-state index contributed by atoms with van der Waals surface area (Å²) < 4.78 is 18.2. The first-order valence-electron chi connectivity index (χ1n) is 7.95. The molecule has 21 heavy (non-hydrogen) atoms. The first-order chi connectivity index (χ1) is 10.1. The third-order valence-corrected chi connectivity index (χ3v) is 4.29. The number of aliphatic hydroxyl groups excluding tert-OH is 1. The van der Waals surface area contributed by atoms with E-state index in [1.807, 2.05) is 0 Å². The number of ether oxygens (including phenoxy) is 1. The van der Waals surface area contributed by atoms with Crippen LogP contribution in [-0.4, -0.2) is 30.4 Å². The lowest BCUT2D eigenvalue weighted by atomic mass is 9.84. The summed E-state index contributed by atoms with van der Waals surface area (Å²) in [7, 11) is 0. The maximum atomic E-state index is 12.8. The summed E-state index contributed by atoms with van der Waals surface area (Å²) in [6, 6.07) is 6.28. The van der Waals surface area contributed by atoms with Crippen molar-refractivity contribution in [2.75, 3.05) is 13.2 Å². The Hall–Kier alpha value is -1.13. The van der Waals surface area contributed by atoms with Crippen molar-refractivity contribution in [2.24, 2.45) is 5.92 Å². The lowest BCUT2D eigenvalue weighted by molar-refractivity contribution is 0.100. The van der Waals surface area contributed by atoms with E-state index in [1.54, 1.807) is 12.1 Å². The zero-order valence-electron chi connectivity index (χ0n) is 12.7. The summed E-state index contributed by atoms with van der Waals surface area (Å²) in [5.41, 5.74) is 0. The summed E-state index contributed by atoms with van der Waals surface area (Å²) in [6.07, 6.45) is 6.03. The molecule has 1 unspecified atom stereocenters. The number of nitrogens with one attached hydrogen (secondary N) is 1. The Morgan fingerprint density at radius 3 is 2.57 bits per heavy atom. The normalized spacial score (nSPS) is 19.2. The van der Waals surface area contributed by atoms with Gasteiger partial charge >= 0.3 is 0 Å². The van der Waals surface area contributed by atoms with Crippen LogP contribution in [-0.2, 0) is 0 Å². The first-order valence-corrected chi connectivity index (χ1v) is 7.95. The molecule has 0 bridgehead atoms. The van der Waals surface area contributed by atoms with Gasteiger partial charge in [0.15, 0.2) is 0 Å². The van der Waals surface area contributed by atoms with Crippen LogP contribution in [0, 0.1) is 11.7 Å². The Labute approximate surface area is 126 Å². The van der Waals surface area contributed by atoms with Crippen LogP contribution in [0.3, 0.4) is 0 Å². The minimum absolute atomic E-state index is 0.218. The minimum atomic E-state index is -0.555. The van der Waals surface area contributed by atoms with Crippen LogP contribution in [0.4, 0.5) is 4.39 Å². The van der Waals surface area contributed by atoms with Gasteiger partial charge in [-0.15, -0.1) is 0 Å².